The maximum Gasteiger partial charge on any atom is 0.234 e. The van der Waals surface area contributed by atoms with Crippen molar-refractivity contribution in [3.8, 4) is 0 Å². The van der Waals surface area contributed by atoms with Crippen molar-refractivity contribution in [3.05, 3.63) is 295 Å². The third kappa shape index (κ3) is 31.4. The van der Waals surface area contributed by atoms with E-state index in [1.165, 1.54) is 38.7 Å². The summed E-state index contributed by atoms with van der Waals surface area (Å²) in [6.07, 6.45) is 37.1. The van der Waals surface area contributed by atoms with Gasteiger partial charge in [-0.05, 0) is 177 Å². The van der Waals surface area contributed by atoms with Gasteiger partial charge in [0.25, 0.3) is 0 Å². The van der Waals surface area contributed by atoms with Crippen LogP contribution in [0.15, 0.2) is 244 Å². The number of aromatic nitrogens is 18. The lowest BCUT2D eigenvalue weighted by molar-refractivity contribution is 0.435. The Morgan fingerprint density at radius 2 is 0.821 bits per heavy atom. The van der Waals surface area contributed by atoms with Crippen LogP contribution in [0.25, 0.3) is 77.4 Å². The first-order chi connectivity index (χ1) is 57.0. The predicted octanol–water partition coefficient (Wildman–Crippen LogP) is 24.7. The lowest BCUT2D eigenvalue weighted by atomic mass is 10.0. The molecule has 14 heterocycles. The summed E-state index contributed by atoms with van der Waals surface area (Å²) >= 11 is 0. The molecule has 20 heteroatoms. The second-order valence-electron chi connectivity index (χ2n) is 23.5. The number of para-hydroxylation sites is 4. The number of benzene rings is 3. The van der Waals surface area contributed by atoms with Crippen LogP contribution in [0.3, 0.4) is 0 Å². The smallest absolute Gasteiger partial charge is 0.234 e. The summed E-state index contributed by atoms with van der Waals surface area (Å²) in [5, 5.41) is 4.56. The van der Waals surface area contributed by atoms with Gasteiger partial charge in [-0.15, -0.1) is 0 Å². The molecule has 0 spiro atoms. The highest BCUT2D eigenvalue weighted by molar-refractivity contribution is 5.84. The lowest BCUT2D eigenvalue weighted by Gasteiger charge is -2.22. The van der Waals surface area contributed by atoms with Gasteiger partial charge in [0, 0.05) is 134 Å². The second kappa shape index (κ2) is 59.4. The van der Waals surface area contributed by atoms with E-state index >= 15 is 0 Å². The topological polar surface area (TPSA) is 223 Å². The number of imidazole rings is 3. The van der Waals surface area contributed by atoms with Gasteiger partial charge in [0.2, 0.25) is 11.6 Å². The fourth-order valence-corrected chi connectivity index (χ4v) is 10.8. The summed E-state index contributed by atoms with van der Waals surface area (Å²) in [6, 6.07) is 38.7. The molecule has 1 aliphatic carbocycles. The molecule has 117 heavy (non-hydrogen) atoms. The molecule has 1 aliphatic heterocycles. The van der Waals surface area contributed by atoms with Gasteiger partial charge in [0.05, 0.1) is 74.1 Å². The molecular formula is C97H134N20. The Balaban J connectivity index is 0.000000642. The fraction of sp³-hybridized carbons (Fsp3) is 0.340. The van der Waals surface area contributed by atoms with Crippen LogP contribution < -0.4 is 0 Å². The number of rotatable bonds is 0. The molecule has 2 aliphatic rings. The van der Waals surface area contributed by atoms with Gasteiger partial charge in [0.1, 0.15) is 12.2 Å². The minimum absolute atomic E-state index is 0.366. The summed E-state index contributed by atoms with van der Waals surface area (Å²) < 4.78 is 6.06. The molecule has 0 N–H and O–H groups in total. The van der Waals surface area contributed by atoms with Crippen molar-refractivity contribution >= 4 is 83.2 Å². The molecule has 622 valence electrons. The zero-order chi connectivity index (χ0) is 87.8. The predicted molar refractivity (Wildman–Crippen MR) is 501 cm³/mol. The third-order valence-electron chi connectivity index (χ3n) is 16.8. The van der Waals surface area contributed by atoms with Gasteiger partial charge in [-0.2, -0.15) is 0 Å². The van der Waals surface area contributed by atoms with Crippen LogP contribution >= 0.6 is 0 Å². The van der Waals surface area contributed by atoms with Gasteiger partial charge >= 0.3 is 0 Å². The minimum atomic E-state index is 0.366. The van der Waals surface area contributed by atoms with Crippen molar-refractivity contribution in [2.75, 3.05) is 7.05 Å². The fourth-order valence-electron chi connectivity index (χ4n) is 10.8. The van der Waals surface area contributed by atoms with Crippen LogP contribution in [0, 0.1) is 69.2 Å². The Morgan fingerprint density at radius 3 is 1.38 bits per heavy atom. The molecule has 2 unspecified atom stereocenters. The van der Waals surface area contributed by atoms with E-state index in [0.29, 0.717) is 12.1 Å². The van der Waals surface area contributed by atoms with E-state index in [-0.39, 0.29) is 0 Å². The van der Waals surface area contributed by atoms with Gasteiger partial charge in [-0.3, -0.25) is 43.7 Å². The van der Waals surface area contributed by atoms with Crippen LogP contribution in [0.4, 0.5) is 0 Å². The first-order valence-corrected chi connectivity index (χ1v) is 41.4. The molecular weight excluding hydrogens is 1450 g/mol. The van der Waals surface area contributed by atoms with Gasteiger partial charge in [-0.25, -0.2) is 44.9 Å². The Hall–Kier alpha value is -12.3. The second-order valence-corrected chi connectivity index (χ2v) is 23.5. The van der Waals surface area contributed by atoms with Crippen molar-refractivity contribution in [1.82, 2.24) is 93.0 Å². The van der Waals surface area contributed by atoms with Crippen LogP contribution in [0.5, 0.6) is 0 Å². The first kappa shape index (κ1) is 103. The van der Waals surface area contributed by atoms with Gasteiger partial charge in [0.15, 0.2) is 5.65 Å². The average molecular weight is 1580 g/mol. The molecule has 13 aromatic heterocycles. The Bertz CT molecular complexity index is 4800. The summed E-state index contributed by atoms with van der Waals surface area (Å²) in [6.45, 7) is 58.4. The molecule has 3 aromatic carbocycles. The van der Waals surface area contributed by atoms with Gasteiger partial charge in [-0.1, -0.05) is 191 Å². The van der Waals surface area contributed by atoms with Gasteiger partial charge < -0.3 is 9.47 Å². The van der Waals surface area contributed by atoms with Crippen molar-refractivity contribution in [2.24, 2.45) is 12.0 Å². The van der Waals surface area contributed by atoms with E-state index in [1.54, 1.807) is 68.3 Å². The van der Waals surface area contributed by atoms with E-state index in [2.05, 4.69) is 167 Å². The SMILES string of the molecule is CC.CC.CC.CC.CC.CC.CC.CC.CC.CC1=NC2C=CC=CC2N1C.Cc1cccc2cncnc12.Cc1cccc2nccnc12.Cc1ccnc2ccncc12.Cc1ccnc2cnccc12.Cc1ccnc2ncccc12.Cc1nc2ccccc2n1C.Cc1nc2ncccn2c1C.Cc1nc2ncccn2c1C. The summed E-state index contributed by atoms with van der Waals surface area (Å²) in [5.74, 6) is 3.76. The highest BCUT2D eigenvalue weighted by atomic mass is 15.3. The number of aryl methyl sites for hydroxylation is 11. The molecule has 20 nitrogen and oxygen atoms in total. The molecule has 0 fully saturated rings. The number of allylic oxidation sites excluding steroid dienone is 2. The average Bonchev–Trinajstić information content (AvgIpc) is 1.73. The highest BCUT2D eigenvalue weighted by Crippen LogP contribution is 2.22. The van der Waals surface area contributed by atoms with Crippen molar-refractivity contribution in [2.45, 2.75) is 213 Å². The van der Waals surface area contributed by atoms with Crippen LogP contribution in [-0.2, 0) is 7.05 Å². The molecule has 18 rings (SSSR count). The molecule has 0 bridgehead atoms. The normalized spacial score (nSPS) is 11.5. The maximum absolute atomic E-state index is 4.50. The van der Waals surface area contributed by atoms with E-state index in [4.69, 9.17) is 0 Å². The zero-order valence-corrected chi connectivity index (χ0v) is 76.1. The van der Waals surface area contributed by atoms with E-state index in [9.17, 15) is 0 Å². The van der Waals surface area contributed by atoms with E-state index in [1.807, 2.05) is 316 Å². The van der Waals surface area contributed by atoms with Crippen LogP contribution in [-0.4, -0.2) is 118 Å². The maximum atomic E-state index is 4.50. The van der Waals surface area contributed by atoms with Crippen molar-refractivity contribution in [1.29, 1.82) is 0 Å². The molecule has 16 aromatic rings. The number of pyridine rings is 6. The van der Waals surface area contributed by atoms with Crippen molar-refractivity contribution in [3.63, 3.8) is 0 Å². The summed E-state index contributed by atoms with van der Waals surface area (Å²) in [4.78, 5) is 69.0. The van der Waals surface area contributed by atoms with E-state index < -0.39 is 0 Å². The number of amidine groups is 1. The van der Waals surface area contributed by atoms with Crippen molar-refractivity contribution < 1.29 is 0 Å². The Kier molecular flexibility index (Phi) is 52.1. The quantitative estimate of drug-likeness (QED) is 0.138. The monoisotopic (exact) mass is 1580 g/mol. The number of aliphatic imine (C=N–C) groups is 1. The van der Waals surface area contributed by atoms with E-state index in [0.717, 1.165) is 101 Å². The number of fused-ring (bicyclic) bond motifs is 9. The molecule has 0 saturated carbocycles. The Labute approximate surface area is 699 Å². The number of nitrogens with zero attached hydrogens (tertiary/aromatic N) is 20. The number of hydrogen-bond donors (Lipinski definition) is 0. The molecule has 0 saturated heterocycles. The summed E-state index contributed by atoms with van der Waals surface area (Å²) in [7, 11) is 4.12. The minimum Gasteiger partial charge on any atom is -0.355 e. The van der Waals surface area contributed by atoms with Crippen LogP contribution in [0.1, 0.15) is 188 Å². The Morgan fingerprint density at radius 1 is 0.325 bits per heavy atom. The zero-order valence-electron chi connectivity index (χ0n) is 76.1. The first-order valence-electron chi connectivity index (χ1n) is 41.4. The van der Waals surface area contributed by atoms with Crippen LogP contribution in [0.2, 0.25) is 0 Å². The largest absolute Gasteiger partial charge is 0.355 e. The standard InChI is InChI=1S/C9H12N2.C9H10N2.5C9H8N2.2C8H9N3.9C2H6/c2*1-7-10-8-5-3-4-6-9(8)11(7)2;1-7-2-5-11-9-3-4-10-6-8(7)9;1-7-2-5-11-9-6-10-4-3-8(7)9;1-7-4-6-11-9-8(7)3-2-5-10-9;1-7-3-2-4-8-5-10-6-11-9(7)8;1-7-3-2-4-8-9(7)11-6-5-10-8;2*1-6-7(2)11-5-3-4-9-8(11)10-6;9*1-2/h3-6,8-9H,1-2H3;3-6H,1-2H3;5*2-6H,1H3;2*3-5H,1-2H3;9*1-2H3. The molecule has 0 radical (unpaired) electrons. The summed E-state index contributed by atoms with van der Waals surface area (Å²) in [5.41, 5.74) is 18.6. The number of likely N-dealkylation sites (N-methyl/N-ethyl adjacent to an activating group) is 1. The third-order valence-corrected chi connectivity index (χ3v) is 16.8. The number of hydrogen-bond acceptors (Lipinski definition) is 17. The lowest BCUT2D eigenvalue weighted by Crippen LogP contribution is -2.34. The molecule has 2 atom stereocenters. The highest BCUT2D eigenvalue weighted by Gasteiger charge is 2.28. The molecule has 0 amide bonds.